The number of aryl methyl sites for hydroxylation is 1. The van der Waals surface area contributed by atoms with Crippen LogP contribution in [0.5, 0.6) is 5.75 Å². The topological polar surface area (TPSA) is 71.5 Å². The third kappa shape index (κ3) is 5.70. The van der Waals surface area contributed by atoms with Gasteiger partial charge in [0.2, 0.25) is 0 Å². The van der Waals surface area contributed by atoms with E-state index < -0.39 is 0 Å². The van der Waals surface area contributed by atoms with Crippen molar-refractivity contribution in [2.75, 3.05) is 26.2 Å². The highest BCUT2D eigenvalue weighted by atomic mass is 35.5. The second kappa shape index (κ2) is 10.3. The van der Waals surface area contributed by atoms with E-state index in [0.29, 0.717) is 48.3 Å². The summed E-state index contributed by atoms with van der Waals surface area (Å²) in [6.45, 7) is 4.17. The maximum Gasteiger partial charge on any atom is 0.272 e. The molecular weight excluding hydrogens is 390 g/mol. The lowest BCUT2D eigenvalue weighted by atomic mass is 10.1. The first-order valence-corrected chi connectivity index (χ1v) is 10.4. The summed E-state index contributed by atoms with van der Waals surface area (Å²) in [5, 5.41) is 3.41. The van der Waals surface area contributed by atoms with Crippen LogP contribution in [0, 0.1) is 6.92 Å². The molecule has 1 N–H and O–H groups in total. The van der Waals surface area contributed by atoms with Crippen LogP contribution in [-0.4, -0.2) is 47.9 Å². The number of carbonyl (C=O) groups excluding carboxylic acids is 2. The summed E-state index contributed by atoms with van der Waals surface area (Å²) < 4.78 is 5.82. The molecule has 0 saturated carbocycles. The summed E-state index contributed by atoms with van der Waals surface area (Å²) >= 11 is 6.04. The van der Waals surface area contributed by atoms with Crippen molar-refractivity contribution in [2.45, 2.75) is 32.6 Å². The van der Waals surface area contributed by atoms with E-state index in [1.165, 1.54) is 0 Å². The zero-order valence-electron chi connectivity index (χ0n) is 16.6. The summed E-state index contributed by atoms with van der Waals surface area (Å²) in [5.41, 5.74) is 1.84. The summed E-state index contributed by atoms with van der Waals surface area (Å²) in [5.74, 6) is 0.290. The highest BCUT2D eigenvalue weighted by molar-refractivity contribution is 6.31. The molecular formula is C22H26ClN3O3. The minimum absolute atomic E-state index is 0.0415. The van der Waals surface area contributed by atoms with Crippen molar-refractivity contribution in [3.63, 3.8) is 0 Å². The van der Waals surface area contributed by atoms with Gasteiger partial charge < -0.3 is 15.0 Å². The second-order valence-corrected chi connectivity index (χ2v) is 7.56. The number of hydrogen-bond acceptors (Lipinski definition) is 4. The summed E-state index contributed by atoms with van der Waals surface area (Å²) in [7, 11) is 0. The van der Waals surface area contributed by atoms with Crippen molar-refractivity contribution in [3.8, 4) is 5.75 Å². The van der Waals surface area contributed by atoms with Crippen LogP contribution in [0.4, 0.5) is 0 Å². The average Bonchev–Trinajstić information content (AvgIpc) is 2.72. The normalized spacial score (nSPS) is 16.2. The molecule has 6 nitrogen and oxygen atoms in total. The van der Waals surface area contributed by atoms with Crippen LogP contribution in [0.25, 0.3) is 0 Å². The number of pyridine rings is 1. The van der Waals surface area contributed by atoms with Crippen LogP contribution in [0.1, 0.15) is 52.1 Å². The van der Waals surface area contributed by atoms with E-state index in [4.69, 9.17) is 16.3 Å². The number of amides is 2. The number of rotatable bonds is 1. The number of hydrogen-bond donors (Lipinski definition) is 1. The van der Waals surface area contributed by atoms with E-state index in [2.05, 4.69) is 10.3 Å². The minimum Gasteiger partial charge on any atom is -0.493 e. The number of fused-ring (bicyclic) bond motifs is 1. The lowest BCUT2D eigenvalue weighted by molar-refractivity contribution is 0.0738. The fourth-order valence-electron chi connectivity index (χ4n) is 3.29. The molecule has 29 heavy (non-hydrogen) atoms. The van der Waals surface area contributed by atoms with E-state index in [1.54, 1.807) is 24.4 Å². The van der Waals surface area contributed by atoms with Gasteiger partial charge in [0.05, 0.1) is 12.2 Å². The number of aromatic nitrogens is 1. The van der Waals surface area contributed by atoms with E-state index in [-0.39, 0.29) is 11.8 Å². The number of nitrogens with zero attached hydrogens (tertiary/aromatic N) is 2. The number of halogens is 1. The Bertz CT molecular complexity index is 872. The number of benzene rings is 1. The Morgan fingerprint density at radius 1 is 1.17 bits per heavy atom. The first-order valence-electron chi connectivity index (χ1n) is 9.97. The van der Waals surface area contributed by atoms with Crippen LogP contribution < -0.4 is 10.1 Å². The van der Waals surface area contributed by atoms with Crippen LogP contribution in [0.2, 0.25) is 5.02 Å². The van der Waals surface area contributed by atoms with Gasteiger partial charge in [-0.2, -0.15) is 0 Å². The molecule has 1 aromatic heterocycles. The molecule has 0 radical (unpaired) electrons. The fourth-order valence-corrected chi connectivity index (χ4v) is 3.46. The second-order valence-electron chi connectivity index (χ2n) is 7.12. The zero-order valence-corrected chi connectivity index (χ0v) is 17.4. The highest BCUT2D eigenvalue weighted by Gasteiger charge is 2.19. The molecule has 7 heteroatoms. The Labute approximate surface area is 176 Å². The van der Waals surface area contributed by atoms with Gasteiger partial charge >= 0.3 is 0 Å². The predicted molar refractivity (Wildman–Crippen MR) is 113 cm³/mol. The molecule has 2 amide bonds. The van der Waals surface area contributed by atoms with Gasteiger partial charge in [-0.3, -0.25) is 14.6 Å². The van der Waals surface area contributed by atoms with Gasteiger partial charge in [-0.05, 0) is 62.4 Å². The largest absolute Gasteiger partial charge is 0.493 e. The summed E-state index contributed by atoms with van der Waals surface area (Å²) in [6, 6.07) is 8.81. The van der Waals surface area contributed by atoms with Crippen molar-refractivity contribution >= 4 is 23.4 Å². The molecule has 1 aromatic carbocycles. The van der Waals surface area contributed by atoms with Gasteiger partial charge in [-0.25, -0.2) is 0 Å². The van der Waals surface area contributed by atoms with E-state index >= 15 is 0 Å². The molecule has 0 atom stereocenters. The van der Waals surface area contributed by atoms with Crippen LogP contribution >= 0.6 is 11.6 Å². The zero-order chi connectivity index (χ0) is 20.6. The molecule has 1 aliphatic rings. The van der Waals surface area contributed by atoms with E-state index in [9.17, 15) is 9.59 Å². The van der Waals surface area contributed by atoms with E-state index in [0.717, 1.165) is 31.2 Å². The SMILES string of the molecule is Cc1cccnc1C(=O)N1CCCCNC(=O)c2cc(Cl)ccc2OCCCC1. The van der Waals surface area contributed by atoms with Gasteiger partial charge in [0.25, 0.3) is 11.8 Å². The van der Waals surface area contributed by atoms with Gasteiger partial charge in [0.1, 0.15) is 11.4 Å². The van der Waals surface area contributed by atoms with Gasteiger partial charge in [0, 0.05) is 30.9 Å². The highest BCUT2D eigenvalue weighted by Crippen LogP contribution is 2.23. The lowest BCUT2D eigenvalue weighted by Gasteiger charge is -2.23. The van der Waals surface area contributed by atoms with E-state index in [1.807, 2.05) is 24.0 Å². The number of ether oxygens (including phenoxy) is 1. The van der Waals surface area contributed by atoms with Crippen molar-refractivity contribution < 1.29 is 14.3 Å². The Morgan fingerprint density at radius 2 is 1.97 bits per heavy atom. The molecule has 1 aliphatic heterocycles. The minimum atomic E-state index is -0.198. The molecule has 0 unspecified atom stereocenters. The molecule has 2 aromatic rings. The summed E-state index contributed by atoms with van der Waals surface area (Å²) in [6.07, 6.45) is 4.81. The molecule has 0 fully saturated rings. The Kier molecular flexibility index (Phi) is 7.47. The predicted octanol–water partition coefficient (Wildman–Crippen LogP) is 3.87. The third-order valence-corrected chi connectivity index (χ3v) is 5.14. The van der Waals surface area contributed by atoms with Gasteiger partial charge in [-0.1, -0.05) is 17.7 Å². The number of carbonyl (C=O) groups is 2. The quantitative estimate of drug-likeness (QED) is 0.767. The lowest BCUT2D eigenvalue weighted by Crippen LogP contribution is -2.35. The van der Waals surface area contributed by atoms with Crippen molar-refractivity contribution in [3.05, 3.63) is 58.4 Å². The first kappa shape index (κ1) is 21.1. The Balaban J connectivity index is 1.69. The van der Waals surface area contributed by atoms with Gasteiger partial charge in [0.15, 0.2) is 0 Å². The third-order valence-electron chi connectivity index (χ3n) is 4.91. The molecule has 2 heterocycles. The Hall–Kier alpha value is -2.60. The molecule has 154 valence electrons. The Morgan fingerprint density at radius 3 is 2.76 bits per heavy atom. The number of nitrogens with one attached hydrogen (secondary N) is 1. The van der Waals surface area contributed by atoms with Crippen molar-refractivity contribution in [1.82, 2.24) is 15.2 Å². The smallest absolute Gasteiger partial charge is 0.272 e. The first-order chi connectivity index (χ1) is 14.1. The van der Waals surface area contributed by atoms with Crippen LogP contribution in [-0.2, 0) is 0 Å². The molecule has 0 bridgehead atoms. The summed E-state index contributed by atoms with van der Waals surface area (Å²) in [4.78, 5) is 31.6. The van der Waals surface area contributed by atoms with Crippen molar-refractivity contribution in [1.29, 1.82) is 0 Å². The molecule has 3 rings (SSSR count). The van der Waals surface area contributed by atoms with Gasteiger partial charge in [-0.15, -0.1) is 0 Å². The molecule has 0 aliphatic carbocycles. The standard InChI is InChI=1S/C22H26ClN3O3/c1-16-7-6-11-24-20(16)22(28)26-12-3-2-10-25-21(27)18-15-17(23)8-9-19(18)29-14-5-4-13-26/h6-9,11,15H,2-5,10,12-14H2,1H3,(H,25,27). The average molecular weight is 416 g/mol. The molecule has 0 spiro atoms. The van der Waals surface area contributed by atoms with Crippen molar-refractivity contribution in [2.24, 2.45) is 0 Å². The van der Waals surface area contributed by atoms with Crippen LogP contribution in [0.3, 0.4) is 0 Å². The maximum absolute atomic E-state index is 13.0. The molecule has 0 saturated heterocycles. The monoisotopic (exact) mass is 415 g/mol. The van der Waals surface area contributed by atoms with Crippen LogP contribution in [0.15, 0.2) is 36.5 Å². The maximum atomic E-state index is 13.0. The fraction of sp³-hybridized carbons (Fsp3) is 0.409.